The third kappa shape index (κ3) is 2.56. The Morgan fingerprint density at radius 1 is 1.38 bits per heavy atom. The zero-order valence-electron chi connectivity index (χ0n) is 9.41. The predicted molar refractivity (Wildman–Crippen MR) is 69.9 cm³/mol. The number of aliphatic hydroxyl groups excluding tert-OH is 1. The van der Waals surface area contributed by atoms with Crippen molar-refractivity contribution in [2.45, 2.75) is 13.0 Å². The lowest BCUT2D eigenvalue weighted by Crippen LogP contribution is -2.44. The maximum absolute atomic E-state index is 9.77. The van der Waals surface area contributed by atoms with Crippen molar-refractivity contribution in [1.29, 1.82) is 0 Å². The minimum Gasteiger partial charge on any atom is -0.389 e. The quantitative estimate of drug-likeness (QED) is 0.871. The summed E-state index contributed by atoms with van der Waals surface area (Å²) in [6, 6.07) is 6.06. The van der Waals surface area contributed by atoms with E-state index in [2.05, 4.69) is 32.2 Å². The zero-order valence-corrected chi connectivity index (χ0v) is 11.0. The van der Waals surface area contributed by atoms with E-state index >= 15 is 0 Å². The monoisotopic (exact) mass is 284 g/mol. The first-order valence-electron chi connectivity index (χ1n) is 5.61. The normalized spacial score (nSPS) is 18.6. The summed E-state index contributed by atoms with van der Waals surface area (Å²) in [7, 11) is 0. The Balaban J connectivity index is 2.32. The number of hydrogen-bond acceptors (Lipinski definition) is 3. The van der Waals surface area contributed by atoms with Crippen LogP contribution < -0.4 is 10.2 Å². The number of anilines is 1. The fraction of sp³-hybridized carbons (Fsp3) is 0.500. The first-order valence-corrected chi connectivity index (χ1v) is 6.41. The third-order valence-electron chi connectivity index (χ3n) is 2.90. The molecule has 0 amide bonds. The zero-order chi connectivity index (χ0) is 11.5. The number of hydrogen-bond donors (Lipinski definition) is 2. The maximum atomic E-state index is 9.77. The summed E-state index contributed by atoms with van der Waals surface area (Å²) in [5.41, 5.74) is 2.15. The maximum Gasteiger partial charge on any atom is 0.0782 e. The molecule has 88 valence electrons. The van der Waals surface area contributed by atoms with E-state index in [0.29, 0.717) is 0 Å². The molecule has 3 nitrogen and oxygen atoms in total. The van der Waals surface area contributed by atoms with Crippen LogP contribution in [0.1, 0.15) is 18.6 Å². The van der Waals surface area contributed by atoms with Crippen molar-refractivity contribution in [3.8, 4) is 0 Å². The van der Waals surface area contributed by atoms with E-state index < -0.39 is 6.10 Å². The Hall–Kier alpha value is -0.580. The number of nitrogens with one attached hydrogen (secondary N) is 1. The highest BCUT2D eigenvalue weighted by molar-refractivity contribution is 9.10. The van der Waals surface area contributed by atoms with E-state index in [1.165, 1.54) is 0 Å². The standard InChI is InChI=1S/C12H17BrN2O/c1-9(16)11-3-2-10(13)8-12(11)15-6-4-14-5-7-15/h2-3,8-9,14,16H,4-7H2,1H3. The molecule has 0 aromatic heterocycles. The molecule has 0 saturated carbocycles. The molecular weight excluding hydrogens is 268 g/mol. The van der Waals surface area contributed by atoms with Crippen LogP contribution in [0.3, 0.4) is 0 Å². The largest absolute Gasteiger partial charge is 0.389 e. The van der Waals surface area contributed by atoms with Gasteiger partial charge in [0.25, 0.3) is 0 Å². The van der Waals surface area contributed by atoms with Gasteiger partial charge in [-0.05, 0) is 19.1 Å². The Labute approximate surface area is 105 Å². The Morgan fingerprint density at radius 3 is 2.69 bits per heavy atom. The number of halogens is 1. The summed E-state index contributed by atoms with van der Waals surface area (Å²) in [5, 5.41) is 13.1. The van der Waals surface area contributed by atoms with Crippen LogP contribution in [0.4, 0.5) is 5.69 Å². The molecule has 1 unspecified atom stereocenters. The molecule has 0 radical (unpaired) electrons. The fourth-order valence-corrected chi connectivity index (χ4v) is 2.40. The number of aliphatic hydroxyl groups is 1. The minimum atomic E-state index is -0.419. The minimum absolute atomic E-state index is 0.419. The van der Waals surface area contributed by atoms with E-state index in [1.807, 2.05) is 19.1 Å². The molecule has 1 aliphatic heterocycles. The highest BCUT2D eigenvalue weighted by atomic mass is 79.9. The molecule has 2 N–H and O–H groups in total. The summed E-state index contributed by atoms with van der Waals surface area (Å²) < 4.78 is 1.06. The topological polar surface area (TPSA) is 35.5 Å². The Bertz CT molecular complexity index is 362. The molecule has 1 heterocycles. The molecular formula is C12H17BrN2O. The average molecular weight is 285 g/mol. The van der Waals surface area contributed by atoms with Gasteiger partial charge in [0, 0.05) is 41.9 Å². The molecule has 1 aliphatic rings. The van der Waals surface area contributed by atoms with Crippen molar-refractivity contribution in [1.82, 2.24) is 5.32 Å². The average Bonchev–Trinajstić information content (AvgIpc) is 2.29. The molecule has 4 heteroatoms. The van der Waals surface area contributed by atoms with Crippen molar-refractivity contribution in [2.24, 2.45) is 0 Å². The highest BCUT2D eigenvalue weighted by Crippen LogP contribution is 2.29. The highest BCUT2D eigenvalue weighted by Gasteiger charge is 2.16. The van der Waals surface area contributed by atoms with E-state index in [0.717, 1.165) is 41.9 Å². The SMILES string of the molecule is CC(O)c1ccc(Br)cc1N1CCNCC1. The van der Waals surface area contributed by atoms with Crippen molar-refractivity contribution >= 4 is 21.6 Å². The summed E-state index contributed by atoms with van der Waals surface area (Å²) >= 11 is 3.49. The lowest BCUT2D eigenvalue weighted by molar-refractivity contribution is 0.199. The van der Waals surface area contributed by atoms with E-state index in [9.17, 15) is 5.11 Å². The van der Waals surface area contributed by atoms with Crippen molar-refractivity contribution in [3.05, 3.63) is 28.2 Å². The van der Waals surface area contributed by atoms with Gasteiger partial charge >= 0.3 is 0 Å². The van der Waals surface area contributed by atoms with Crippen molar-refractivity contribution in [2.75, 3.05) is 31.1 Å². The van der Waals surface area contributed by atoms with E-state index in [-0.39, 0.29) is 0 Å². The van der Waals surface area contributed by atoms with Crippen LogP contribution in [0.15, 0.2) is 22.7 Å². The first kappa shape index (κ1) is 11.9. The second kappa shape index (κ2) is 5.17. The van der Waals surface area contributed by atoms with Gasteiger partial charge in [0.1, 0.15) is 0 Å². The van der Waals surface area contributed by atoms with Crippen molar-refractivity contribution in [3.63, 3.8) is 0 Å². The van der Waals surface area contributed by atoms with Gasteiger partial charge in [-0.15, -0.1) is 0 Å². The van der Waals surface area contributed by atoms with Crippen LogP contribution in [-0.4, -0.2) is 31.3 Å². The van der Waals surface area contributed by atoms with Crippen LogP contribution in [0, 0.1) is 0 Å². The Kier molecular flexibility index (Phi) is 3.84. The smallest absolute Gasteiger partial charge is 0.0782 e. The summed E-state index contributed by atoms with van der Waals surface area (Å²) in [6.45, 7) is 5.82. The van der Waals surface area contributed by atoms with E-state index in [1.54, 1.807) is 0 Å². The fourth-order valence-electron chi connectivity index (χ4n) is 2.05. The second-order valence-corrected chi connectivity index (χ2v) is 5.03. The first-order chi connectivity index (χ1) is 7.68. The lowest BCUT2D eigenvalue weighted by Gasteiger charge is -2.31. The second-order valence-electron chi connectivity index (χ2n) is 4.12. The molecule has 1 fully saturated rings. The molecule has 0 aliphatic carbocycles. The summed E-state index contributed by atoms with van der Waals surface area (Å²) in [4.78, 5) is 2.32. The number of benzene rings is 1. The van der Waals surface area contributed by atoms with Gasteiger partial charge in [0.2, 0.25) is 0 Å². The van der Waals surface area contributed by atoms with Crippen LogP contribution in [-0.2, 0) is 0 Å². The van der Waals surface area contributed by atoms with Gasteiger partial charge in [0.05, 0.1) is 6.10 Å². The van der Waals surface area contributed by atoms with E-state index in [4.69, 9.17) is 0 Å². The van der Waals surface area contributed by atoms with Gasteiger partial charge in [-0.3, -0.25) is 0 Å². The van der Waals surface area contributed by atoms with Crippen LogP contribution in [0.5, 0.6) is 0 Å². The molecule has 2 rings (SSSR count). The van der Waals surface area contributed by atoms with Gasteiger partial charge < -0.3 is 15.3 Å². The lowest BCUT2D eigenvalue weighted by atomic mass is 10.1. The number of rotatable bonds is 2. The van der Waals surface area contributed by atoms with Crippen LogP contribution >= 0.6 is 15.9 Å². The molecule has 1 aromatic rings. The predicted octanol–water partition coefficient (Wildman–Crippen LogP) is 1.91. The molecule has 1 atom stereocenters. The number of nitrogens with zero attached hydrogens (tertiary/aromatic N) is 1. The summed E-state index contributed by atoms with van der Waals surface area (Å²) in [5.74, 6) is 0. The molecule has 0 spiro atoms. The van der Waals surface area contributed by atoms with Crippen LogP contribution in [0.25, 0.3) is 0 Å². The molecule has 0 bridgehead atoms. The molecule has 16 heavy (non-hydrogen) atoms. The molecule has 1 aromatic carbocycles. The van der Waals surface area contributed by atoms with Gasteiger partial charge in [-0.1, -0.05) is 22.0 Å². The van der Waals surface area contributed by atoms with Gasteiger partial charge in [-0.25, -0.2) is 0 Å². The third-order valence-corrected chi connectivity index (χ3v) is 3.39. The number of piperazine rings is 1. The van der Waals surface area contributed by atoms with Gasteiger partial charge in [0.15, 0.2) is 0 Å². The Morgan fingerprint density at radius 2 is 2.06 bits per heavy atom. The van der Waals surface area contributed by atoms with Crippen LogP contribution in [0.2, 0.25) is 0 Å². The molecule has 1 saturated heterocycles. The van der Waals surface area contributed by atoms with Crippen molar-refractivity contribution < 1.29 is 5.11 Å². The summed E-state index contributed by atoms with van der Waals surface area (Å²) in [6.07, 6.45) is -0.419. The van der Waals surface area contributed by atoms with Gasteiger partial charge in [-0.2, -0.15) is 0 Å².